The van der Waals surface area contributed by atoms with Gasteiger partial charge in [0, 0.05) is 28.4 Å². The zero-order chi connectivity index (χ0) is 36.8. The van der Waals surface area contributed by atoms with Crippen LogP contribution in [0.4, 0.5) is 4.39 Å². The second-order valence-corrected chi connectivity index (χ2v) is 11.6. The molecule has 0 unspecified atom stereocenters. The van der Waals surface area contributed by atoms with Gasteiger partial charge in [-0.25, -0.2) is 4.39 Å². The van der Waals surface area contributed by atoms with Crippen molar-refractivity contribution >= 4 is 11.5 Å². The van der Waals surface area contributed by atoms with Gasteiger partial charge in [0.1, 0.15) is 5.82 Å². The Kier molecular flexibility index (Phi) is 31.5. The molecule has 4 heteroatoms. The van der Waals surface area contributed by atoms with Crippen molar-refractivity contribution in [3.05, 3.63) is 125 Å². The van der Waals surface area contributed by atoms with Crippen molar-refractivity contribution in [2.24, 2.45) is 10.9 Å². The third kappa shape index (κ3) is 29.5. The van der Waals surface area contributed by atoms with Gasteiger partial charge in [-0.2, -0.15) is 0 Å². The summed E-state index contributed by atoms with van der Waals surface area (Å²) in [5.74, 6) is 0.964. The Morgan fingerprint density at radius 1 is 0.851 bits per heavy atom. The number of pyridine rings is 1. The summed E-state index contributed by atoms with van der Waals surface area (Å²) < 4.78 is 12.5. The highest BCUT2D eigenvalue weighted by Gasteiger charge is 1.96. The molecule has 0 aliphatic heterocycles. The van der Waals surface area contributed by atoms with E-state index >= 15 is 0 Å². The summed E-state index contributed by atoms with van der Waals surface area (Å²) in [6.07, 6.45) is 10.2. The summed E-state index contributed by atoms with van der Waals surface area (Å²) in [7, 11) is 0. The van der Waals surface area contributed by atoms with E-state index in [2.05, 4.69) is 44.3 Å². The highest BCUT2D eigenvalue weighted by Crippen LogP contribution is 2.11. The summed E-state index contributed by atoms with van der Waals surface area (Å²) in [4.78, 5) is 19.2. The molecule has 0 saturated heterocycles. The molecule has 0 atom stereocenters. The fourth-order valence-electron chi connectivity index (χ4n) is 4.07. The fourth-order valence-corrected chi connectivity index (χ4v) is 4.07. The first-order chi connectivity index (χ1) is 22.2. The average molecular weight is 647 g/mol. The summed E-state index contributed by atoms with van der Waals surface area (Å²) in [5.41, 5.74) is 8.15. The molecule has 0 radical (unpaired) electrons. The molecule has 0 amide bonds. The topological polar surface area (TPSA) is 42.3 Å². The Morgan fingerprint density at radius 2 is 1.38 bits per heavy atom. The van der Waals surface area contributed by atoms with Crippen LogP contribution in [0.15, 0.2) is 90.1 Å². The van der Waals surface area contributed by atoms with Gasteiger partial charge in [-0.05, 0) is 97.6 Å². The van der Waals surface area contributed by atoms with Crippen molar-refractivity contribution in [2.75, 3.05) is 0 Å². The molecule has 3 rings (SSSR count). The smallest absolute Gasteiger partial charge is 0.159 e. The molecule has 0 saturated carbocycles. The van der Waals surface area contributed by atoms with Crippen LogP contribution < -0.4 is 0 Å². The normalized spacial score (nSPS) is 9.66. The number of aryl methyl sites for hydroxylation is 5. The lowest BCUT2D eigenvalue weighted by Crippen LogP contribution is -1.91. The number of ketones is 1. The minimum Gasteiger partial charge on any atom is -0.295 e. The molecule has 0 fully saturated rings. The zero-order valence-electron chi connectivity index (χ0n) is 32.4. The Bertz CT molecular complexity index is 1280. The van der Waals surface area contributed by atoms with Gasteiger partial charge in [-0.1, -0.05) is 133 Å². The van der Waals surface area contributed by atoms with Crippen LogP contribution in [0.2, 0.25) is 0 Å². The molecule has 262 valence electrons. The van der Waals surface area contributed by atoms with Crippen LogP contribution in [-0.4, -0.2) is 16.5 Å². The second-order valence-electron chi connectivity index (χ2n) is 11.6. The highest BCUT2D eigenvalue weighted by molar-refractivity contribution is 5.93. The standard InChI is InChI=1S/C9H10O.C8H9F.C8H11N.C8H13N.C8H18.C2H6/c1-7-3-5-9(6-4-7)8(2)10;1-6-3-4-8(9)7(2)5-6;1-3-8-6-4-5-7(2)9-8;1-5-6-8(4)9-7(2)3;1-4-6-8(3)7-5-2;1-2/h3-6H,1-2H3;3-5H,1-2H3;4-6H,3H2,1-2H3;5-6H,1H2,2-4H3;8H,4-7H2,1-3H3;1-2H3/b;;;8-6-;;. The number of benzene rings is 2. The Labute approximate surface area is 289 Å². The Balaban J connectivity index is -0.000000509. The predicted octanol–water partition coefficient (Wildman–Crippen LogP) is 13.4. The van der Waals surface area contributed by atoms with Crippen LogP contribution >= 0.6 is 0 Å². The number of allylic oxidation sites excluding steroid dienone is 3. The van der Waals surface area contributed by atoms with Crippen LogP contribution in [0.25, 0.3) is 0 Å². The molecule has 0 N–H and O–H groups in total. The van der Waals surface area contributed by atoms with Crippen molar-refractivity contribution in [3.8, 4) is 0 Å². The lowest BCUT2D eigenvalue weighted by molar-refractivity contribution is 0.101. The minimum atomic E-state index is -0.124. The van der Waals surface area contributed by atoms with E-state index in [1.54, 1.807) is 26.0 Å². The molecule has 1 heterocycles. The lowest BCUT2D eigenvalue weighted by atomic mass is 10.0. The number of carbonyl (C=O) groups is 1. The molecule has 47 heavy (non-hydrogen) atoms. The number of rotatable bonds is 8. The quantitative estimate of drug-likeness (QED) is 0.139. The first-order valence-corrected chi connectivity index (χ1v) is 17.2. The van der Waals surface area contributed by atoms with Crippen LogP contribution in [0.5, 0.6) is 0 Å². The van der Waals surface area contributed by atoms with Gasteiger partial charge in [0.15, 0.2) is 5.78 Å². The van der Waals surface area contributed by atoms with E-state index in [0.717, 1.165) is 46.1 Å². The van der Waals surface area contributed by atoms with E-state index in [-0.39, 0.29) is 11.6 Å². The highest BCUT2D eigenvalue weighted by atomic mass is 19.1. The van der Waals surface area contributed by atoms with E-state index in [1.807, 2.05) is 110 Å². The van der Waals surface area contributed by atoms with Crippen molar-refractivity contribution in [1.29, 1.82) is 0 Å². The van der Waals surface area contributed by atoms with Crippen LogP contribution in [0.1, 0.15) is 133 Å². The van der Waals surface area contributed by atoms with E-state index in [0.29, 0.717) is 0 Å². The number of Topliss-reactive ketones (excluding diaryl/α,β-unsaturated/α-hetero) is 1. The van der Waals surface area contributed by atoms with Crippen LogP contribution in [0, 0.1) is 39.4 Å². The predicted molar refractivity (Wildman–Crippen MR) is 208 cm³/mol. The molecule has 0 aliphatic rings. The van der Waals surface area contributed by atoms with Gasteiger partial charge in [-0.3, -0.25) is 14.8 Å². The zero-order valence-corrected chi connectivity index (χ0v) is 32.4. The van der Waals surface area contributed by atoms with Gasteiger partial charge in [0.05, 0.1) is 0 Å². The van der Waals surface area contributed by atoms with Crippen molar-refractivity contribution in [3.63, 3.8) is 0 Å². The minimum absolute atomic E-state index is 0.124. The number of hydrogen-bond donors (Lipinski definition) is 0. The average Bonchev–Trinajstić information content (AvgIpc) is 3.02. The number of hydrogen-bond acceptors (Lipinski definition) is 3. The van der Waals surface area contributed by atoms with Gasteiger partial charge >= 0.3 is 0 Å². The maximum atomic E-state index is 12.5. The first kappa shape index (κ1) is 47.7. The molecule has 3 aromatic rings. The Hall–Kier alpha value is -3.66. The van der Waals surface area contributed by atoms with Crippen LogP contribution in [-0.2, 0) is 6.42 Å². The fraction of sp³-hybridized carbons (Fsp3) is 0.465. The number of halogens is 1. The summed E-state index contributed by atoms with van der Waals surface area (Å²) in [6.45, 7) is 31.7. The molecule has 1 aromatic heterocycles. The summed E-state index contributed by atoms with van der Waals surface area (Å²) >= 11 is 0. The van der Waals surface area contributed by atoms with Crippen molar-refractivity contribution < 1.29 is 9.18 Å². The molecule has 3 nitrogen and oxygen atoms in total. The molecule has 0 bridgehead atoms. The third-order valence-corrected chi connectivity index (χ3v) is 6.40. The second kappa shape index (κ2) is 31.0. The third-order valence-electron chi connectivity index (χ3n) is 6.40. The van der Waals surface area contributed by atoms with E-state index < -0.39 is 0 Å². The number of nitrogens with zero attached hydrogens (tertiary/aromatic N) is 2. The first-order valence-electron chi connectivity index (χ1n) is 17.2. The molecular weight excluding hydrogens is 579 g/mol. The number of aliphatic imine (C=N–C) groups is 1. The van der Waals surface area contributed by atoms with Gasteiger partial charge in [-0.15, -0.1) is 0 Å². The van der Waals surface area contributed by atoms with E-state index in [4.69, 9.17) is 0 Å². The Morgan fingerprint density at radius 3 is 1.74 bits per heavy atom. The van der Waals surface area contributed by atoms with Gasteiger partial charge < -0.3 is 0 Å². The maximum Gasteiger partial charge on any atom is 0.159 e. The van der Waals surface area contributed by atoms with E-state index in [1.165, 1.54) is 43.0 Å². The molecule has 0 aliphatic carbocycles. The van der Waals surface area contributed by atoms with Crippen LogP contribution in [0.3, 0.4) is 0 Å². The number of aromatic nitrogens is 1. The molecule has 2 aromatic carbocycles. The summed E-state index contributed by atoms with van der Waals surface area (Å²) in [5, 5.41) is 0. The lowest BCUT2D eigenvalue weighted by Gasteiger charge is -2.05. The van der Waals surface area contributed by atoms with Gasteiger partial charge in [0.25, 0.3) is 0 Å². The summed E-state index contributed by atoms with van der Waals surface area (Å²) in [6, 6.07) is 18.8. The van der Waals surface area contributed by atoms with Gasteiger partial charge in [0.2, 0.25) is 0 Å². The molecular formula is C43H67FN2O. The van der Waals surface area contributed by atoms with Crippen molar-refractivity contribution in [1.82, 2.24) is 4.98 Å². The van der Waals surface area contributed by atoms with Crippen molar-refractivity contribution in [2.45, 2.75) is 129 Å². The number of carbonyl (C=O) groups excluding carboxylic acids is 1. The molecule has 0 spiro atoms. The largest absolute Gasteiger partial charge is 0.295 e. The maximum absolute atomic E-state index is 12.5. The van der Waals surface area contributed by atoms with E-state index in [9.17, 15) is 9.18 Å². The SMILES string of the molecule is C=C/C=C(/C)N=C(C)C.CC.CC(=O)c1ccc(C)cc1.CCCC(C)CCC.CCc1cccc(C)n1.Cc1ccc(F)c(C)c1. The monoisotopic (exact) mass is 647 g/mol.